The molecule has 0 bridgehead atoms. The Morgan fingerprint density at radius 2 is 2.19 bits per heavy atom. The van der Waals surface area contributed by atoms with Gasteiger partial charge in [0.1, 0.15) is 12.4 Å². The lowest BCUT2D eigenvalue weighted by Crippen LogP contribution is -2.29. The maximum atomic E-state index is 12.1. The minimum Gasteiger partial charge on any atom is -0.380 e. The molecule has 6 heteroatoms. The quantitative estimate of drug-likeness (QED) is 0.816. The number of nitrogens with zero attached hydrogens (tertiary/aromatic N) is 2. The molecule has 1 N–H and O–H groups in total. The summed E-state index contributed by atoms with van der Waals surface area (Å²) >= 11 is 0. The number of ether oxygens (including phenoxy) is 1. The van der Waals surface area contributed by atoms with Crippen LogP contribution in [0, 0.1) is 0 Å². The molecular weight excluding hydrogens is 216 g/mol. The van der Waals surface area contributed by atoms with Crippen molar-refractivity contribution in [2.75, 3.05) is 12.4 Å². The molecule has 1 rings (SSSR count). The van der Waals surface area contributed by atoms with Crippen molar-refractivity contribution in [1.29, 1.82) is 0 Å². The first-order valence-electron chi connectivity index (χ1n) is 5.14. The minimum absolute atomic E-state index is 0.0280. The van der Waals surface area contributed by atoms with Crippen LogP contribution in [0.3, 0.4) is 0 Å². The number of aromatic nitrogens is 2. The molecule has 0 aliphatic carbocycles. The molecule has 0 fully saturated rings. The lowest BCUT2D eigenvalue weighted by Gasteiger charge is -2.19. The summed E-state index contributed by atoms with van der Waals surface area (Å²) in [4.78, 5) is 0. The predicted octanol–water partition coefficient (Wildman–Crippen LogP) is 1.98. The second-order valence-electron chi connectivity index (χ2n) is 3.69. The van der Waals surface area contributed by atoms with Gasteiger partial charge in [0.05, 0.1) is 12.1 Å². The molecule has 1 aromatic heterocycles. The standard InChI is InChI=1S/C10H17F2N3O/c1-7(8(2)16-3)13-10-4-5-15(14-10)6-9(11)12/h4-5,7-9H,6H2,1-3H3,(H,13,14). The smallest absolute Gasteiger partial charge is 0.257 e. The topological polar surface area (TPSA) is 39.1 Å². The zero-order valence-corrected chi connectivity index (χ0v) is 9.65. The van der Waals surface area contributed by atoms with E-state index in [1.54, 1.807) is 13.2 Å². The lowest BCUT2D eigenvalue weighted by atomic mass is 10.2. The van der Waals surface area contributed by atoms with E-state index < -0.39 is 6.43 Å². The van der Waals surface area contributed by atoms with E-state index in [4.69, 9.17) is 4.74 Å². The van der Waals surface area contributed by atoms with E-state index in [0.29, 0.717) is 5.82 Å². The summed E-state index contributed by atoms with van der Waals surface area (Å²) < 4.78 is 30.5. The Labute approximate surface area is 93.6 Å². The number of nitrogens with one attached hydrogen (secondary N) is 1. The molecule has 0 aliphatic rings. The van der Waals surface area contributed by atoms with E-state index in [1.165, 1.54) is 10.9 Å². The molecule has 2 atom stereocenters. The Bertz CT molecular complexity index is 317. The van der Waals surface area contributed by atoms with Crippen LogP contribution in [-0.2, 0) is 11.3 Å². The SMILES string of the molecule is COC(C)C(C)Nc1ccn(CC(F)F)n1. The van der Waals surface area contributed by atoms with Crippen LogP contribution in [0.2, 0.25) is 0 Å². The van der Waals surface area contributed by atoms with Crippen molar-refractivity contribution in [3.8, 4) is 0 Å². The van der Waals surface area contributed by atoms with E-state index in [2.05, 4.69) is 10.4 Å². The molecule has 1 heterocycles. The van der Waals surface area contributed by atoms with Crippen LogP contribution in [0.5, 0.6) is 0 Å². The molecule has 16 heavy (non-hydrogen) atoms. The van der Waals surface area contributed by atoms with Gasteiger partial charge in [-0.25, -0.2) is 8.78 Å². The van der Waals surface area contributed by atoms with Gasteiger partial charge in [-0.15, -0.1) is 0 Å². The van der Waals surface area contributed by atoms with Crippen molar-refractivity contribution in [3.05, 3.63) is 12.3 Å². The number of methoxy groups -OCH3 is 1. The average molecular weight is 233 g/mol. The number of alkyl halides is 2. The fraction of sp³-hybridized carbons (Fsp3) is 0.700. The van der Waals surface area contributed by atoms with Crippen molar-refractivity contribution < 1.29 is 13.5 Å². The molecule has 0 aliphatic heterocycles. The monoisotopic (exact) mass is 233 g/mol. The van der Waals surface area contributed by atoms with Crippen molar-refractivity contribution in [2.45, 2.75) is 39.0 Å². The van der Waals surface area contributed by atoms with Gasteiger partial charge >= 0.3 is 0 Å². The first kappa shape index (κ1) is 12.9. The molecular formula is C10H17F2N3O. The molecule has 0 aromatic carbocycles. The van der Waals surface area contributed by atoms with Gasteiger partial charge in [-0.1, -0.05) is 0 Å². The van der Waals surface area contributed by atoms with Crippen molar-refractivity contribution in [3.63, 3.8) is 0 Å². The summed E-state index contributed by atoms with van der Waals surface area (Å²) in [5.74, 6) is 0.581. The highest BCUT2D eigenvalue weighted by Gasteiger charge is 2.12. The average Bonchev–Trinajstić information content (AvgIpc) is 2.63. The number of halogens is 2. The molecule has 1 aromatic rings. The van der Waals surface area contributed by atoms with Crippen LogP contribution in [0.4, 0.5) is 14.6 Å². The van der Waals surface area contributed by atoms with Gasteiger partial charge in [-0.3, -0.25) is 4.68 Å². The normalized spacial score (nSPS) is 15.1. The van der Waals surface area contributed by atoms with Gasteiger partial charge in [-0.05, 0) is 13.8 Å². The molecule has 4 nitrogen and oxygen atoms in total. The summed E-state index contributed by atoms with van der Waals surface area (Å²) in [5, 5.41) is 7.06. The predicted molar refractivity (Wildman–Crippen MR) is 57.8 cm³/mol. The Morgan fingerprint density at radius 1 is 1.50 bits per heavy atom. The molecule has 0 spiro atoms. The number of hydrogen-bond acceptors (Lipinski definition) is 3. The zero-order valence-electron chi connectivity index (χ0n) is 9.65. The maximum Gasteiger partial charge on any atom is 0.257 e. The van der Waals surface area contributed by atoms with Gasteiger partial charge in [0, 0.05) is 19.4 Å². The molecule has 0 radical (unpaired) electrons. The molecule has 0 saturated carbocycles. The highest BCUT2D eigenvalue weighted by Crippen LogP contribution is 2.09. The Kier molecular flexibility index (Phi) is 4.67. The Hall–Kier alpha value is -1.17. The number of rotatable bonds is 6. The maximum absolute atomic E-state index is 12.1. The Balaban J connectivity index is 2.51. The van der Waals surface area contributed by atoms with E-state index in [9.17, 15) is 8.78 Å². The Morgan fingerprint density at radius 3 is 2.75 bits per heavy atom. The van der Waals surface area contributed by atoms with Gasteiger partial charge in [0.15, 0.2) is 0 Å². The molecule has 2 unspecified atom stereocenters. The molecule has 92 valence electrons. The molecule has 0 amide bonds. The van der Waals surface area contributed by atoms with Gasteiger partial charge in [0.2, 0.25) is 0 Å². The summed E-state index contributed by atoms with van der Waals surface area (Å²) in [6.45, 7) is 3.49. The third-order valence-electron chi connectivity index (χ3n) is 2.42. The van der Waals surface area contributed by atoms with Crippen molar-refractivity contribution in [1.82, 2.24) is 9.78 Å². The number of anilines is 1. The van der Waals surface area contributed by atoms with Crippen LogP contribution in [0.1, 0.15) is 13.8 Å². The van der Waals surface area contributed by atoms with Crippen LogP contribution in [-0.4, -0.2) is 35.5 Å². The highest BCUT2D eigenvalue weighted by atomic mass is 19.3. The zero-order chi connectivity index (χ0) is 12.1. The number of hydrogen-bond donors (Lipinski definition) is 1. The first-order chi connectivity index (χ1) is 7.52. The van der Waals surface area contributed by atoms with E-state index >= 15 is 0 Å². The summed E-state index contributed by atoms with van der Waals surface area (Å²) in [6, 6.07) is 1.74. The largest absolute Gasteiger partial charge is 0.380 e. The fourth-order valence-corrected chi connectivity index (χ4v) is 1.24. The second-order valence-corrected chi connectivity index (χ2v) is 3.69. The lowest BCUT2D eigenvalue weighted by molar-refractivity contribution is 0.106. The summed E-state index contributed by atoms with van der Waals surface area (Å²) in [7, 11) is 1.62. The van der Waals surface area contributed by atoms with Crippen molar-refractivity contribution in [2.24, 2.45) is 0 Å². The van der Waals surface area contributed by atoms with Gasteiger partial charge in [0.25, 0.3) is 6.43 Å². The molecule has 0 saturated heterocycles. The van der Waals surface area contributed by atoms with Crippen LogP contribution in [0.15, 0.2) is 12.3 Å². The third kappa shape index (κ3) is 3.77. The minimum atomic E-state index is -2.39. The third-order valence-corrected chi connectivity index (χ3v) is 2.42. The van der Waals surface area contributed by atoms with Gasteiger partial charge in [-0.2, -0.15) is 5.10 Å². The second kappa shape index (κ2) is 5.79. The van der Waals surface area contributed by atoms with Crippen molar-refractivity contribution >= 4 is 5.82 Å². The highest BCUT2D eigenvalue weighted by molar-refractivity contribution is 5.33. The van der Waals surface area contributed by atoms with Gasteiger partial charge < -0.3 is 10.1 Å². The summed E-state index contributed by atoms with van der Waals surface area (Å²) in [6.07, 6.45) is -0.832. The fourth-order valence-electron chi connectivity index (χ4n) is 1.24. The van der Waals surface area contributed by atoms with E-state index in [0.717, 1.165) is 0 Å². The van der Waals surface area contributed by atoms with E-state index in [-0.39, 0.29) is 18.7 Å². The van der Waals surface area contributed by atoms with Crippen LogP contribution in [0.25, 0.3) is 0 Å². The van der Waals surface area contributed by atoms with E-state index in [1.807, 2.05) is 13.8 Å². The van der Waals surface area contributed by atoms with Crippen LogP contribution < -0.4 is 5.32 Å². The first-order valence-corrected chi connectivity index (χ1v) is 5.14. The summed E-state index contributed by atoms with van der Waals surface area (Å²) in [5.41, 5.74) is 0. The van der Waals surface area contributed by atoms with Crippen LogP contribution >= 0.6 is 0 Å².